The number of rotatable bonds is 3. The summed E-state index contributed by atoms with van der Waals surface area (Å²) >= 11 is 5.96. The van der Waals surface area contributed by atoms with Gasteiger partial charge in [-0.2, -0.15) is 0 Å². The van der Waals surface area contributed by atoms with Crippen LogP contribution in [0.2, 0.25) is 5.02 Å². The first-order valence-electron chi connectivity index (χ1n) is 7.42. The number of piperazine rings is 1. The van der Waals surface area contributed by atoms with Gasteiger partial charge in [0.05, 0.1) is 0 Å². The molecule has 1 aliphatic heterocycles. The molecule has 5 nitrogen and oxygen atoms in total. The minimum absolute atomic E-state index is 0.0968. The minimum atomic E-state index is -0.104. The maximum atomic E-state index is 12.4. The maximum absolute atomic E-state index is 12.4. The van der Waals surface area contributed by atoms with Crippen molar-refractivity contribution in [2.24, 2.45) is 0 Å². The van der Waals surface area contributed by atoms with Crippen LogP contribution in [-0.2, 0) is 11.3 Å². The summed E-state index contributed by atoms with van der Waals surface area (Å²) in [6.45, 7) is 3.53. The third-order valence-electron chi connectivity index (χ3n) is 3.98. The highest BCUT2D eigenvalue weighted by Gasteiger charge is 2.16. The number of halogens is 1. The Balaban J connectivity index is 1.75. The Bertz CT molecular complexity index is 751. The molecule has 22 heavy (non-hydrogen) atoms. The van der Waals surface area contributed by atoms with Gasteiger partial charge in [0.1, 0.15) is 0 Å². The lowest BCUT2D eigenvalue weighted by Gasteiger charge is -2.27. The van der Waals surface area contributed by atoms with Crippen LogP contribution in [0.15, 0.2) is 35.3 Å². The van der Waals surface area contributed by atoms with E-state index in [1.165, 1.54) is 0 Å². The Labute approximate surface area is 133 Å². The first-order chi connectivity index (χ1) is 10.6. The van der Waals surface area contributed by atoms with E-state index in [9.17, 15) is 9.59 Å². The number of pyridine rings is 1. The van der Waals surface area contributed by atoms with Gasteiger partial charge in [0.2, 0.25) is 5.91 Å². The number of hydrogen-bond acceptors (Lipinski definition) is 3. The molecular weight excluding hydrogens is 302 g/mol. The van der Waals surface area contributed by atoms with E-state index < -0.39 is 0 Å². The molecule has 0 spiro atoms. The minimum Gasteiger partial charge on any atom is -0.340 e. The van der Waals surface area contributed by atoms with E-state index in [4.69, 9.17) is 11.6 Å². The Kier molecular flexibility index (Phi) is 4.45. The summed E-state index contributed by atoms with van der Waals surface area (Å²) in [7, 11) is 0. The third kappa shape index (κ3) is 3.15. The summed E-state index contributed by atoms with van der Waals surface area (Å²) in [5, 5.41) is 5.21. The number of carbonyl (C=O) groups is 1. The number of nitrogens with zero attached hydrogens (tertiary/aromatic N) is 2. The third-order valence-corrected chi connectivity index (χ3v) is 4.21. The van der Waals surface area contributed by atoms with Crippen molar-refractivity contribution in [2.45, 2.75) is 13.0 Å². The number of benzene rings is 1. The number of aromatic nitrogens is 1. The van der Waals surface area contributed by atoms with E-state index in [2.05, 4.69) is 5.32 Å². The monoisotopic (exact) mass is 319 g/mol. The molecule has 0 atom stereocenters. The van der Waals surface area contributed by atoms with Crippen molar-refractivity contribution >= 4 is 28.3 Å². The number of nitrogens with one attached hydrogen (secondary N) is 1. The molecule has 1 aromatic heterocycles. The Morgan fingerprint density at radius 2 is 2.00 bits per heavy atom. The number of carbonyl (C=O) groups excluding carboxylic acids is 1. The van der Waals surface area contributed by atoms with Gasteiger partial charge in [0, 0.05) is 55.8 Å². The van der Waals surface area contributed by atoms with Crippen LogP contribution in [-0.4, -0.2) is 41.6 Å². The second-order valence-corrected chi connectivity index (χ2v) is 5.86. The van der Waals surface area contributed by atoms with Crippen LogP contribution in [0.1, 0.15) is 6.42 Å². The molecule has 0 radical (unpaired) electrons. The van der Waals surface area contributed by atoms with E-state index in [1.807, 2.05) is 17.0 Å². The van der Waals surface area contributed by atoms with E-state index in [-0.39, 0.29) is 11.5 Å². The Morgan fingerprint density at radius 3 is 2.77 bits per heavy atom. The van der Waals surface area contributed by atoms with Gasteiger partial charge in [-0.25, -0.2) is 0 Å². The zero-order valence-electron chi connectivity index (χ0n) is 12.2. The van der Waals surface area contributed by atoms with Crippen LogP contribution in [0.5, 0.6) is 0 Å². The van der Waals surface area contributed by atoms with Crippen molar-refractivity contribution in [1.29, 1.82) is 0 Å². The van der Waals surface area contributed by atoms with Crippen LogP contribution in [0.3, 0.4) is 0 Å². The fourth-order valence-corrected chi connectivity index (χ4v) is 2.89. The molecule has 0 bridgehead atoms. The quantitative estimate of drug-likeness (QED) is 0.932. The molecule has 0 aliphatic carbocycles. The average molecular weight is 320 g/mol. The zero-order valence-corrected chi connectivity index (χ0v) is 13.0. The molecule has 0 saturated carbocycles. The highest BCUT2D eigenvalue weighted by atomic mass is 35.5. The summed E-state index contributed by atoms with van der Waals surface area (Å²) in [6.07, 6.45) is 2.08. The summed E-state index contributed by atoms with van der Waals surface area (Å²) in [4.78, 5) is 26.4. The number of aryl methyl sites for hydroxylation is 1. The van der Waals surface area contributed by atoms with Gasteiger partial charge in [-0.3, -0.25) is 9.59 Å². The SMILES string of the molecule is O=C(CCn1ccc2ccc(Cl)cc2c1=O)N1CCNCC1. The molecule has 1 fully saturated rings. The van der Waals surface area contributed by atoms with Crippen molar-refractivity contribution in [2.75, 3.05) is 26.2 Å². The van der Waals surface area contributed by atoms with Gasteiger partial charge < -0.3 is 14.8 Å². The topological polar surface area (TPSA) is 54.3 Å². The van der Waals surface area contributed by atoms with Crippen molar-refractivity contribution in [3.63, 3.8) is 0 Å². The highest BCUT2D eigenvalue weighted by molar-refractivity contribution is 6.31. The van der Waals surface area contributed by atoms with Crippen molar-refractivity contribution in [3.8, 4) is 0 Å². The molecule has 3 rings (SSSR count). The van der Waals surface area contributed by atoms with Crippen molar-refractivity contribution in [3.05, 3.63) is 45.8 Å². The molecular formula is C16H18ClN3O2. The van der Waals surface area contributed by atoms with Gasteiger partial charge in [-0.05, 0) is 23.6 Å². The lowest BCUT2D eigenvalue weighted by Crippen LogP contribution is -2.46. The first kappa shape index (κ1) is 15.1. The predicted octanol–water partition coefficient (Wildman–Crippen LogP) is 1.48. The molecule has 1 N–H and O–H groups in total. The maximum Gasteiger partial charge on any atom is 0.258 e. The number of hydrogen-bond donors (Lipinski definition) is 1. The standard InChI is InChI=1S/C16H18ClN3O2/c17-13-2-1-12-3-7-20(16(22)14(12)11-13)8-4-15(21)19-9-5-18-6-10-19/h1-3,7,11,18H,4-6,8-10H2. The summed E-state index contributed by atoms with van der Waals surface area (Å²) < 4.78 is 1.58. The normalized spacial score (nSPS) is 15.2. The number of fused-ring (bicyclic) bond motifs is 1. The lowest BCUT2D eigenvalue weighted by atomic mass is 10.2. The molecule has 1 saturated heterocycles. The van der Waals surface area contributed by atoms with Crippen LogP contribution >= 0.6 is 11.6 Å². The molecule has 0 unspecified atom stereocenters. The van der Waals surface area contributed by atoms with Gasteiger partial charge >= 0.3 is 0 Å². The van der Waals surface area contributed by atoms with E-state index in [0.29, 0.717) is 23.4 Å². The molecule has 6 heteroatoms. The van der Waals surface area contributed by atoms with Gasteiger partial charge in [0.25, 0.3) is 5.56 Å². The molecule has 1 amide bonds. The van der Waals surface area contributed by atoms with Crippen LogP contribution in [0.25, 0.3) is 10.8 Å². The summed E-state index contributed by atoms with van der Waals surface area (Å²) in [5.74, 6) is 0.0968. The molecule has 1 aliphatic rings. The van der Waals surface area contributed by atoms with Crippen molar-refractivity contribution in [1.82, 2.24) is 14.8 Å². The summed E-state index contributed by atoms with van der Waals surface area (Å²) in [6, 6.07) is 7.15. The van der Waals surface area contributed by atoms with E-state index in [1.54, 1.807) is 22.9 Å². The summed E-state index contributed by atoms with van der Waals surface area (Å²) in [5.41, 5.74) is -0.104. The van der Waals surface area contributed by atoms with Crippen LogP contribution in [0.4, 0.5) is 0 Å². The van der Waals surface area contributed by atoms with Crippen LogP contribution < -0.4 is 10.9 Å². The molecule has 2 heterocycles. The van der Waals surface area contributed by atoms with E-state index >= 15 is 0 Å². The van der Waals surface area contributed by atoms with Gasteiger partial charge in [0.15, 0.2) is 0 Å². The van der Waals surface area contributed by atoms with Gasteiger partial charge in [-0.15, -0.1) is 0 Å². The van der Waals surface area contributed by atoms with Gasteiger partial charge in [-0.1, -0.05) is 17.7 Å². The second-order valence-electron chi connectivity index (χ2n) is 5.43. The molecule has 2 aromatic rings. The average Bonchev–Trinajstić information content (AvgIpc) is 2.55. The fraction of sp³-hybridized carbons (Fsp3) is 0.375. The lowest BCUT2D eigenvalue weighted by molar-refractivity contribution is -0.132. The smallest absolute Gasteiger partial charge is 0.258 e. The van der Waals surface area contributed by atoms with Crippen molar-refractivity contribution < 1.29 is 4.79 Å². The first-order valence-corrected chi connectivity index (χ1v) is 7.80. The molecule has 1 aromatic carbocycles. The predicted molar refractivity (Wildman–Crippen MR) is 87.3 cm³/mol. The largest absolute Gasteiger partial charge is 0.340 e. The molecule has 116 valence electrons. The number of amides is 1. The van der Waals surface area contributed by atoms with E-state index in [0.717, 1.165) is 31.6 Å². The van der Waals surface area contributed by atoms with Crippen LogP contribution in [0, 0.1) is 0 Å². The second kappa shape index (κ2) is 6.50. The zero-order chi connectivity index (χ0) is 15.5. The fourth-order valence-electron chi connectivity index (χ4n) is 2.72. The Morgan fingerprint density at radius 1 is 1.23 bits per heavy atom. The Hall–Kier alpha value is -1.85. The highest BCUT2D eigenvalue weighted by Crippen LogP contribution is 2.16.